The van der Waals surface area contributed by atoms with E-state index in [2.05, 4.69) is 0 Å². The highest BCUT2D eigenvalue weighted by Crippen LogP contribution is 2.64. The molecule has 0 radical (unpaired) electrons. The summed E-state index contributed by atoms with van der Waals surface area (Å²) in [6, 6.07) is 18.9. The maximum atomic E-state index is 14.3. The van der Waals surface area contributed by atoms with Crippen LogP contribution in [0.25, 0.3) is 0 Å². The smallest absolute Gasteiger partial charge is 0.339 e. The Kier molecular flexibility index (Phi) is 6.04. The number of phenols is 2. The third kappa shape index (κ3) is 3.63. The second-order valence-corrected chi connectivity index (χ2v) is 12.1. The number of rotatable bonds is 4. The number of fused-ring (bicyclic) bond motifs is 4. The SMILES string of the molecule is CC12C(=O)N(c3ccccc3)C(=O)C1CC1C(=CCC3C(=O)N(c4ccc(C(=O)O)c(O)c4)C(=O)C31)C2c1ccccc1O. The lowest BCUT2D eigenvalue weighted by molar-refractivity contribution is -0.131. The average Bonchev–Trinajstić information content (AvgIpc) is 3.37. The lowest BCUT2D eigenvalue weighted by Crippen LogP contribution is -2.48. The van der Waals surface area contributed by atoms with Gasteiger partial charge in [0.05, 0.1) is 34.5 Å². The van der Waals surface area contributed by atoms with Gasteiger partial charge in [-0.25, -0.2) is 14.6 Å². The lowest BCUT2D eigenvalue weighted by atomic mass is 9.51. The summed E-state index contributed by atoms with van der Waals surface area (Å²) in [5.41, 5.74) is 0.0530. The molecule has 4 aliphatic rings. The second-order valence-electron chi connectivity index (χ2n) is 12.1. The molecule has 6 atom stereocenters. The van der Waals surface area contributed by atoms with Crippen LogP contribution < -0.4 is 9.80 Å². The van der Waals surface area contributed by atoms with E-state index in [-0.39, 0.29) is 29.8 Å². The van der Waals surface area contributed by atoms with Crippen LogP contribution in [-0.4, -0.2) is 44.9 Å². The van der Waals surface area contributed by atoms with Gasteiger partial charge in [0.1, 0.15) is 17.1 Å². The summed E-state index contributed by atoms with van der Waals surface area (Å²) in [6.45, 7) is 1.75. The molecule has 3 aromatic carbocycles. The molecule has 6 unspecified atom stereocenters. The zero-order valence-electron chi connectivity index (χ0n) is 23.6. The minimum atomic E-state index is -1.35. The van der Waals surface area contributed by atoms with E-state index in [0.29, 0.717) is 11.3 Å². The molecule has 3 N–H and O–H groups in total. The molecular formula is C34H28N2O8. The Labute approximate surface area is 251 Å². The van der Waals surface area contributed by atoms with Gasteiger partial charge in [0.2, 0.25) is 23.6 Å². The van der Waals surface area contributed by atoms with E-state index < -0.39 is 70.4 Å². The number of imide groups is 2. The summed E-state index contributed by atoms with van der Waals surface area (Å²) >= 11 is 0. The fraction of sp³-hybridized carbons (Fsp3) is 0.265. The quantitative estimate of drug-likeness (QED) is 0.301. The van der Waals surface area contributed by atoms with Crippen molar-refractivity contribution < 1.29 is 39.3 Å². The number of aromatic carboxylic acids is 1. The monoisotopic (exact) mass is 592 g/mol. The Balaban J connectivity index is 1.35. The Morgan fingerprint density at radius 2 is 1.50 bits per heavy atom. The van der Waals surface area contributed by atoms with Crippen LogP contribution in [0.3, 0.4) is 0 Å². The minimum Gasteiger partial charge on any atom is -0.508 e. The fourth-order valence-corrected chi connectivity index (χ4v) is 8.01. The molecule has 1 saturated carbocycles. The van der Waals surface area contributed by atoms with Crippen LogP contribution in [0.1, 0.15) is 41.6 Å². The molecule has 0 spiro atoms. The first-order valence-corrected chi connectivity index (χ1v) is 14.4. The molecule has 222 valence electrons. The molecule has 2 aliphatic carbocycles. The Bertz CT molecular complexity index is 1820. The first-order chi connectivity index (χ1) is 21.1. The molecule has 0 bridgehead atoms. The number of carbonyl (C=O) groups is 5. The van der Waals surface area contributed by atoms with Gasteiger partial charge >= 0.3 is 5.97 Å². The highest BCUT2D eigenvalue weighted by Gasteiger charge is 2.68. The molecule has 4 amide bonds. The number of anilines is 2. The molecule has 7 rings (SSSR count). The van der Waals surface area contributed by atoms with Crippen LogP contribution in [-0.2, 0) is 19.2 Å². The van der Waals surface area contributed by atoms with Crippen LogP contribution in [0.5, 0.6) is 11.5 Å². The standard InChI is InChI=1S/C34H28N2O8/c1-34-24(30(40)36(33(34)44)17-7-3-2-4-8-17)16-23-19(28(34)20-9-5-6-10-25(20)37)13-14-22-27(23)31(41)35(29(22)39)18-11-12-21(32(42)43)26(38)15-18/h2-13,15,22-24,27-28,37-38H,14,16H2,1H3,(H,42,43). The number of aromatic hydroxyl groups is 2. The minimum absolute atomic E-state index is 0.0380. The molecule has 2 aliphatic heterocycles. The Morgan fingerprint density at radius 3 is 2.18 bits per heavy atom. The summed E-state index contributed by atoms with van der Waals surface area (Å²) in [4.78, 5) is 69.9. The van der Waals surface area contributed by atoms with Crippen LogP contribution in [0.2, 0.25) is 0 Å². The van der Waals surface area contributed by atoms with Gasteiger partial charge in [-0.3, -0.25) is 19.2 Å². The number of phenolic OH excluding ortho intramolecular Hbond substituents is 1. The second kappa shape index (κ2) is 9.63. The topological polar surface area (TPSA) is 153 Å². The van der Waals surface area contributed by atoms with Gasteiger partial charge in [0.15, 0.2) is 0 Å². The van der Waals surface area contributed by atoms with E-state index in [0.717, 1.165) is 22.6 Å². The van der Waals surface area contributed by atoms with Crippen LogP contribution in [0.15, 0.2) is 84.4 Å². The van der Waals surface area contributed by atoms with Gasteiger partial charge in [-0.2, -0.15) is 0 Å². The number of carboxylic acids is 1. The molecule has 10 nitrogen and oxygen atoms in total. The van der Waals surface area contributed by atoms with Crippen molar-refractivity contribution in [2.45, 2.75) is 25.7 Å². The molecule has 10 heteroatoms. The van der Waals surface area contributed by atoms with Gasteiger partial charge in [0.25, 0.3) is 0 Å². The van der Waals surface area contributed by atoms with E-state index >= 15 is 0 Å². The van der Waals surface area contributed by atoms with Gasteiger partial charge < -0.3 is 15.3 Å². The highest BCUT2D eigenvalue weighted by atomic mass is 16.4. The Morgan fingerprint density at radius 1 is 0.795 bits per heavy atom. The Hall–Kier alpha value is -5.25. The number of allylic oxidation sites excluding steroid dienone is 2. The number of carboxylic acid groups (broad SMARTS) is 1. The molecule has 2 heterocycles. The molecule has 0 aromatic heterocycles. The van der Waals surface area contributed by atoms with Crippen molar-refractivity contribution in [1.82, 2.24) is 0 Å². The summed E-state index contributed by atoms with van der Waals surface area (Å²) in [7, 11) is 0. The van der Waals surface area contributed by atoms with Crippen LogP contribution in [0.4, 0.5) is 11.4 Å². The zero-order valence-corrected chi connectivity index (χ0v) is 23.6. The first kappa shape index (κ1) is 27.6. The molecule has 2 saturated heterocycles. The van der Waals surface area contributed by atoms with Crippen molar-refractivity contribution in [3.8, 4) is 11.5 Å². The third-order valence-corrected chi connectivity index (χ3v) is 10.0. The number of hydrogen-bond acceptors (Lipinski definition) is 7. The number of hydrogen-bond donors (Lipinski definition) is 3. The van der Waals surface area contributed by atoms with Gasteiger partial charge in [-0.1, -0.05) is 48.0 Å². The zero-order chi connectivity index (χ0) is 31.1. The van der Waals surface area contributed by atoms with Gasteiger partial charge in [0, 0.05) is 17.5 Å². The van der Waals surface area contributed by atoms with Crippen molar-refractivity contribution in [2.75, 3.05) is 9.80 Å². The maximum absolute atomic E-state index is 14.3. The predicted octanol–water partition coefficient (Wildman–Crippen LogP) is 4.23. The third-order valence-electron chi connectivity index (χ3n) is 10.0. The highest BCUT2D eigenvalue weighted by molar-refractivity contribution is 6.25. The van der Waals surface area contributed by atoms with Crippen LogP contribution in [0, 0.1) is 29.1 Å². The molecule has 3 fully saturated rings. The molecular weight excluding hydrogens is 564 g/mol. The summed E-state index contributed by atoms with van der Waals surface area (Å²) in [5, 5.41) is 30.6. The summed E-state index contributed by atoms with van der Waals surface area (Å²) in [5.74, 6) is -7.51. The summed E-state index contributed by atoms with van der Waals surface area (Å²) < 4.78 is 0. The van der Waals surface area contributed by atoms with E-state index in [1.165, 1.54) is 17.0 Å². The number of carbonyl (C=O) groups excluding carboxylic acids is 4. The van der Waals surface area contributed by atoms with E-state index in [1.54, 1.807) is 55.5 Å². The van der Waals surface area contributed by atoms with Gasteiger partial charge in [-0.05, 0) is 56.0 Å². The predicted molar refractivity (Wildman–Crippen MR) is 157 cm³/mol. The molecule has 44 heavy (non-hydrogen) atoms. The van der Waals surface area contributed by atoms with Crippen molar-refractivity contribution in [2.24, 2.45) is 29.1 Å². The van der Waals surface area contributed by atoms with Crippen LogP contribution >= 0.6 is 0 Å². The fourth-order valence-electron chi connectivity index (χ4n) is 8.01. The number of para-hydroxylation sites is 2. The molecule has 3 aromatic rings. The number of nitrogens with zero attached hydrogens (tertiary/aromatic N) is 2. The average molecular weight is 593 g/mol. The largest absolute Gasteiger partial charge is 0.508 e. The summed E-state index contributed by atoms with van der Waals surface area (Å²) in [6.07, 6.45) is 2.23. The first-order valence-electron chi connectivity index (χ1n) is 14.4. The number of amides is 4. The van der Waals surface area contributed by atoms with E-state index in [1.807, 2.05) is 6.08 Å². The van der Waals surface area contributed by atoms with Gasteiger partial charge in [-0.15, -0.1) is 0 Å². The van der Waals surface area contributed by atoms with E-state index in [9.17, 15) is 39.3 Å². The van der Waals surface area contributed by atoms with E-state index in [4.69, 9.17) is 0 Å². The van der Waals surface area contributed by atoms with Crippen molar-refractivity contribution >= 4 is 41.0 Å². The maximum Gasteiger partial charge on any atom is 0.339 e. The van der Waals surface area contributed by atoms with Crippen molar-refractivity contribution in [1.29, 1.82) is 0 Å². The lowest BCUT2D eigenvalue weighted by Gasteiger charge is -2.49. The normalized spacial score (nSPS) is 29.3. The van der Waals surface area contributed by atoms with Crippen molar-refractivity contribution in [3.63, 3.8) is 0 Å². The van der Waals surface area contributed by atoms with Crippen molar-refractivity contribution in [3.05, 3.63) is 95.6 Å². The number of benzene rings is 3.